The van der Waals surface area contributed by atoms with Crippen LogP contribution < -0.4 is 11.3 Å². The zero-order valence-electron chi connectivity index (χ0n) is 7.24. The zero-order chi connectivity index (χ0) is 9.97. The Bertz CT molecular complexity index is 399. The molecule has 0 radical (unpaired) electrons. The maximum absolute atomic E-state index is 5.49. The number of nitrogens with two attached hydrogens (primary N) is 1. The van der Waals surface area contributed by atoms with E-state index in [1.165, 1.54) is 0 Å². The fraction of sp³-hybridized carbons (Fsp3) is 0.111. The standard InChI is InChI=1S/C9H9BrN2OS/c10-8-4-3-6(13-8)9(12-11)7-2-1-5-14-7/h1-5,9,12H,11H2. The van der Waals surface area contributed by atoms with Gasteiger partial charge in [-0.2, -0.15) is 0 Å². The highest BCUT2D eigenvalue weighted by atomic mass is 79.9. The molecule has 0 aliphatic rings. The van der Waals surface area contributed by atoms with E-state index >= 15 is 0 Å². The van der Waals surface area contributed by atoms with Crippen molar-refractivity contribution < 1.29 is 4.42 Å². The molecule has 2 heterocycles. The van der Waals surface area contributed by atoms with Gasteiger partial charge in [0.05, 0.1) is 0 Å². The molecule has 2 rings (SSSR count). The van der Waals surface area contributed by atoms with E-state index in [-0.39, 0.29) is 6.04 Å². The highest BCUT2D eigenvalue weighted by Gasteiger charge is 2.16. The molecule has 1 unspecified atom stereocenters. The van der Waals surface area contributed by atoms with Crippen molar-refractivity contribution in [1.82, 2.24) is 5.43 Å². The van der Waals surface area contributed by atoms with Gasteiger partial charge in [-0.3, -0.25) is 5.84 Å². The van der Waals surface area contributed by atoms with Crippen LogP contribution in [0.25, 0.3) is 0 Å². The monoisotopic (exact) mass is 272 g/mol. The van der Waals surface area contributed by atoms with Gasteiger partial charge in [0.15, 0.2) is 4.67 Å². The van der Waals surface area contributed by atoms with Crippen LogP contribution in [0.4, 0.5) is 0 Å². The van der Waals surface area contributed by atoms with Crippen LogP contribution in [0.15, 0.2) is 38.7 Å². The summed E-state index contributed by atoms with van der Waals surface area (Å²) in [6.45, 7) is 0. The minimum absolute atomic E-state index is 0.0682. The lowest BCUT2D eigenvalue weighted by Crippen LogP contribution is -2.27. The lowest BCUT2D eigenvalue weighted by atomic mass is 10.2. The SMILES string of the molecule is NNC(c1ccc(Br)o1)c1cccs1. The Labute approximate surface area is 94.0 Å². The first-order valence-electron chi connectivity index (χ1n) is 4.06. The van der Waals surface area contributed by atoms with Gasteiger partial charge in [-0.15, -0.1) is 11.3 Å². The molecule has 0 aliphatic carbocycles. The number of furan rings is 1. The van der Waals surface area contributed by atoms with Crippen LogP contribution in [0.2, 0.25) is 0 Å². The number of hydrogen-bond acceptors (Lipinski definition) is 4. The third-order valence-corrected chi connectivity index (χ3v) is 3.24. The highest BCUT2D eigenvalue weighted by molar-refractivity contribution is 9.10. The first kappa shape index (κ1) is 9.92. The van der Waals surface area contributed by atoms with Crippen molar-refractivity contribution >= 4 is 27.3 Å². The van der Waals surface area contributed by atoms with Gasteiger partial charge in [-0.1, -0.05) is 6.07 Å². The van der Waals surface area contributed by atoms with Gasteiger partial charge in [-0.25, -0.2) is 5.43 Å². The smallest absolute Gasteiger partial charge is 0.169 e. The Hall–Kier alpha value is -0.620. The highest BCUT2D eigenvalue weighted by Crippen LogP contribution is 2.27. The molecule has 0 saturated heterocycles. The molecule has 0 saturated carbocycles. The molecule has 0 spiro atoms. The minimum atomic E-state index is -0.0682. The van der Waals surface area contributed by atoms with E-state index in [0.29, 0.717) is 4.67 Å². The molecule has 0 bridgehead atoms. The van der Waals surface area contributed by atoms with Crippen molar-refractivity contribution in [3.8, 4) is 0 Å². The van der Waals surface area contributed by atoms with Crippen LogP contribution in [-0.2, 0) is 0 Å². The van der Waals surface area contributed by atoms with Crippen molar-refractivity contribution in [2.45, 2.75) is 6.04 Å². The molecule has 2 aromatic heterocycles. The van der Waals surface area contributed by atoms with E-state index < -0.39 is 0 Å². The lowest BCUT2D eigenvalue weighted by Gasteiger charge is -2.10. The van der Waals surface area contributed by atoms with E-state index in [1.807, 2.05) is 29.6 Å². The molecule has 14 heavy (non-hydrogen) atoms. The summed E-state index contributed by atoms with van der Waals surface area (Å²) in [6, 6.07) is 7.69. The van der Waals surface area contributed by atoms with Crippen LogP contribution in [-0.4, -0.2) is 0 Å². The summed E-state index contributed by atoms with van der Waals surface area (Å²) < 4.78 is 6.15. The van der Waals surface area contributed by atoms with Crippen molar-refractivity contribution in [2.24, 2.45) is 5.84 Å². The minimum Gasteiger partial charge on any atom is -0.452 e. The van der Waals surface area contributed by atoms with Crippen LogP contribution in [0.1, 0.15) is 16.7 Å². The molecule has 0 amide bonds. The summed E-state index contributed by atoms with van der Waals surface area (Å²) >= 11 is 4.90. The van der Waals surface area contributed by atoms with Crippen molar-refractivity contribution in [1.29, 1.82) is 0 Å². The quantitative estimate of drug-likeness (QED) is 0.667. The maximum Gasteiger partial charge on any atom is 0.169 e. The number of hydrogen-bond donors (Lipinski definition) is 2. The van der Waals surface area contributed by atoms with E-state index in [4.69, 9.17) is 10.3 Å². The topological polar surface area (TPSA) is 51.2 Å². The number of thiophene rings is 1. The van der Waals surface area contributed by atoms with Crippen molar-refractivity contribution in [3.05, 3.63) is 45.0 Å². The van der Waals surface area contributed by atoms with Crippen LogP contribution in [0.3, 0.4) is 0 Å². The normalized spacial score (nSPS) is 13.0. The fourth-order valence-electron chi connectivity index (χ4n) is 1.24. The molecule has 0 fully saturated rings. The molecule has 74 valence electrons. The summed E-state index contributed by atoms with van der Waals surface area (Å²) in [5.74, 6) is 6.29. The Morgan fingerprint density at radius 2 is 2.29 bits per heavy atom. The first-order chi connectivity index (χ1) is 6.81. The third kappa shape index (κ3) is 1.90. The second-order valence-corrected chi connectivity index (χ2v) is 4.52. The second kappa shape index (κ2) is 4.27. The summed E-state index contributed by atoms with van der Waals surface area (Å²) in [7, 11) is 0. The molecule has 0 aromatic carbocycles. The van der Waals surface area contributed by atoms with E-state index in [1.54, 1.807) is 11.3 Å². The number of nitrogens with one attached hydrogen (secondary N) is 1. The van der Waals surface area contributed by atoms with Gasteiger partial charge in [0.25, 0.3) is 0 Å². The molecule has 3 N–H and O–H groups in total. The number of hydrazine groups is 1. The average molecular weight is 273 g/mol. The third-order valence-electron chi connectivity index (χ3n) is 1.87. The average Bonchev–Trinajstić information content (AvgIpc) is 2.79. The Morgan fingerprint density at radius 3 is 2.79 bits per heavy atom. The molecule has 1 atom stereocenters. The van der Waals surface area contributed by atoms with Gasteiger partial charge < -0.3 is 4.42 Å². The van der Waals surface area contributed by atoms with Crippen molar-refractivity contribution in [2.75, 3.05) is 0 Å². The Morgan fingerprint density at radius 1 is 1.43 bits per heavy atom. The van der Waals surface area contributed by atoms with Gasteiger partial charge >= 0.3 is 0 Å². The molecule has 3 nitrogen and oxygen atoms in total. The summed E-state index contributed by atoms with van der Waals surface area (Å²) in [5.41, 5.74) is 2.73. The predicted molar refractivity (Wildman–Crippen MR) is 59.9 cm³/mol. The molecule has 5 heteroatoms. The van der Waals surface area contributed by atoms with Crippen LogP contribution in [0.5, 0.6) is 0 Å². The van der Waals surface area contributed by atoms with E-state index in [9.17, 15) is 0 Å². The van der Waals surface area contributed by atoms with E-state index in [0.717, 1.165) is 10.6 Å². The fourth-order valence-corrected chi connectivity index (χ4v) is 2.35. The number of halogens is 1. The number of rotatable bonds is 3. The summed E-state index contributed by atoms with van der Waals surface area (Å²) in [6.07, 6.45) is 0. The van der Waals surface area contributed by atoms with Gasteiger partial charge in [0.2, 0.25) is 0 Å². The first-order valence-corrected chi connectivity index (χ1v) is 5.73. The second-order valence-electron chi connectivity index (χ2n) is 2.76. The maximum atomic E-state index is 5.49. The Balaban J connectivity index is 2.31. The predicted octanol–water partition coefficient (Wildman–Crippen LogP) is 2.66. The molecular weight excluding hydrogens is 264 g/mol. The van der Waals surface area contributed by atoms with Crippen LogP contribution in [0, 0.1) is 0 Å². The van der Waals surface area contributed by atoms with Gasteiger partial charge in [-0.05, 0) is 39.5 Å². The van der Waals surface area contributed by atoms with Gasteiger partial charge in [0.1, 0.15) is 11.8 Å². The summed E-state index contributed by atoms with van der Waals surface area (Å²) in [5, 5.41) is 2.01. The van der Waals surface area contributed by atoms with Crippen molar-refractivity contribution in [3.63, 3.8) is 0 Å². The Kier molecular flexibility index (Phi) is 3.02. The van der Waals surface area contributed by atoms with Gasteiger partial charge in [0, 0.05) is 4.88 Å². The van der Waals surface area contributed by atoms with Crippen LogP contribution >= 0.6 is 27.3 Å². The van der Waals surface area contributed by atoms with E-state index in [2.05, 4.69) is 21.4 Å². The largest absolute Gasteiger partial charge is 0.452 e. The molecule has 0 aliphatic heterocycles. The lowest BCUT2D eigenvalue weighted by molar-refractivity contribution is 0.440. The molecule has 2 aromatic rings. The summed E-state index contributed by atoms with van der Waals surface area (Å²) in [4.78, 5) is 1.13. The molecular formula is C9H9BrN2OS. The zero-order valence-corrected chi connectivity index (χ0v) is 9.64.